The van der Waals surface area contributed by atoms with E-state index >= 15 is 0 Å². The van der Waals surface area contributed by atoms with Crippen molar-refractivity contribution in [2.24, 2.45) is 11.0 Å². The van der Waals surface area contributed by atoms with Crippen molar-refractivity contribution in [1.29, 1.82) is 0 Å². The van der Waals surface area contributed by atoms with E-state index in [4.69, 9.17) is 4.42 Å². The van der Waals surface area contributed by atoms with Crippen molar-refractivity contribution in [1.82, 2.24) is 5.43 Å². The van der Waals surface area contributed by atoms with Crippen molar-refractivity contribution >= 4 is 17.8 Å². The minimum absolute atomic E-state index is 0.0216. The Kier molecular flexibility index (Phi) is 5.65. The molecule has 1 N–H and O–H groups in total. The first-order chi connectivity index (χ1) is 15.2. The van der Waals surface area contributed by atoms with Gasteiger partial charge in [-0.05, 0) is 53.1 Å². The highest BCUT2D eigenvalue weighted by Gasteiger charge is 2.44. The number of amides is 1. The lowest BCUT2D eigenvalue weighted by molar-refractivity contribution is -0.384. The van der Waals surface area contributed by atoms with Crippen molar-refractivity contribution < 1.29 is 14.1 Å². The molecule has 2 atom stereocenters. The van der Waals surface area contributed by atoms with Gasteiger partial charge in [-0.2, -0.15) is 5.10 Å². The van der Waals surface area contributed by atoms with Gasteiger partial charge in [0.2, 0.25) is 5.91 Å². The molecular formula is C25H25N3O4. The quantitative estimate of drug-likeness (QED) is 0.321. The molecule has 1 aliphatic rings. The van der Waals surface area contributed by atoms with Crippen molar-refractivity contribution in [3.63, 3.8) is 0 Å². The molecule has 32 heavy (non-hydrogen) atoms. The van der Waals surface area contributed by atoms with Crippen molar-refractivity contribution in [2.75, 3.05) is 0 Å². The van der Waals surface area contributed by atoms with Gasteiger partial charge in [0.05, 0.1) is 11.1 Å². The van der Waals surface area contributed by atoms with E-state index in [0.717, 1.165) is 12.0 Å². The average Bonchev–Trinajstić information content (AvgIpc) is 3.44. The van der Waals surface area contributed by atoms with Crippen LogP contribution in [0.2, 0.25) is 0 Å². The third-order valence-corrected chi connectivity index (χ3v) is 5.69. The summed E-state index contributed by atoms with van der Waals surface area (Å²) in [7, 11) is 0. The zero-order valence-corrected chi connectivity index (χ0v) is 18.2. The van der Waals surface area contributed by atoms with E-state index < -0.39 is 4.92 Å². The van der Waals surface area contributed by atoms with E-state index in [1.165, 1.54) is 29.5 Å². The lowest BCUT2D eigenvalue weighted by Crippen LogP contribution is -2.20. The summed E-state index contributed by atoms with van der Waals surface area (Å²) in [6.45, 7) is 6.55. The Morgan fingerprint density at radius 3 is 2.41 bits per heavy atom. The van der Waals surface area contributed by atoms with Gasteiger partial charge in [-0.25, -0.2) is 5.43 Å². The van der Waals surface area contributed by atoms with E-state index in [1.54, 1.807) is 24.3 Å². The fraction of sp³-hybridized carbons (Fsp3) is 0.280. The van der Waals surface area contributed by atoms with Gasteiger partial charge in [-0.1, -0.05) is 45.0 Å². The first-order valence-corrected chi connectivity index (χ1v) is 10.5. The number of hydrogen-bond donors (Lipinski definition) is 1. The second kappa shape index (κ2) is 8.42. The fourth-order valence-electron chi connectivity index (χ4n) is 3.65. The van der Waals surface area contributed by atoms with E-state index in [1.807, 2.05) is 0 Å². The van der Waals surface area contributed by atoms with Crippen LogP contribution in [0.1, 0.15) is 50.0 Å². The van der Waals surface area contributed by atoms with Crippen LogP contribution in [0.3, 0.4) is 0 Å². The fourth-order valence-corrected chi connectivity index (χ4v) is 3.65. The van der Waals surface area contributed by atoms with Crippen LogP contribution in [-0.2, 0) is 10.2 Å². The Labute approximate surface area is 186 Å². The summed E-state index contributed by atoms with van der Waals surface area (Å²) in [6, 6.07) is 18.1. The molecule has 7 heteroatoms. The molecule has 164 valence electrons. The Morgan fingerprint density at radius 2 is 1.78 bits per heavy atom. The molecule has 2 aromatic carbocycles. The number of rotatable bonds is 6. The Balaban J connectivity index is 1.31. The lowest BCUT2D eigenvalue weighted by Gasteiger charge is -2.19. The van der Waals surface area contributed by atoms with E-state index in [9.17, 15) is 14.9 Å². The van der Waals surface area contributed by atoms with Crippen LogP contribution >= 0.6 is 0 Å². The molecule has 1 heterocycles. The second-order valence-electron chi connectivity index (χ2n) is 9.06. The molecule has 1 aliphatic carbocycles. The van der Waals surface area contributed by atoms with Crippen LogP contribution in [0, 0.1) is 16.0 Å². The SMILES string of the molecule is CC(C)(C)c1ccc([C@@H]2C[C@@H]2C(=O)NN=Cc2ccc(-c3ccc([N+](=O)[O-])cc3)o2)cc1. The molecule has 4 rings (SSSR count). The second-order valence-corrected chi connectivity index (χ2v) is 9.06. The number of furan rings is 1. The molecule has 0 unspecified atom stereocenters. The number of nitrogens with one attached hydrogen (secondary N) is 1. The minimum atomic E-state index is -0.446. The highest BCUT2D eigenvalue weighted by Crippen LogP contribution is 2.47. The maximum atomic E-state index is 12.4. The standard InChI is InChI=1S/C25H25N3O4/c1-25(2,3)18-8-4-16(5-9-18)21-14-22(21)24(29)27-26-15-20-12-13-23(32-20)17-6-10-19(11-7-17)28(30)31/h4-13,15,21-22H,14H2,1-3H3,(H,27,29)/t21-,22-/m0/s1. The third-order valence-electron chi connectivity index (χ3n) is 5.69. The van der Waals surface area contributed by atoms with Gasteiger partial charge in [0.25, 0.3) is 5.69 Å². The number of carbonyl (C=O) groups excluding carboxylic acids is 1. The largest absolute Gasteiger partial charge is 0.455 e. The molecule has 0 radical (unpaired) electrons. The van der Waals surface area contributed by atoms with Gasteiger partial charge in [0, 0.05) is 23.6 Å². The number of nitro benzene ring substituents is 1. The van der Waals surface area contributed by atoms with Crippen molar-refractivity contribution in [3.8, 4) is 11.3 Å². The maximum Gasteiger partial charge on any atom is 0.269 e. The molecule has 1 fully saturated rings. The van der Waals surface area contributed by atoms with Gasteiger partial charge < -0.3 is 4.42 Å². The molecule has 0 spiro atoms. The molecule has 7 nitrogen and oxygen atoms in total. The Bertz CT molecular complexity index is 1160. The summed E-state index contributed by atoms with van der Waals surface area (Å²) in [4.78, 5) is 22.7. The summed E-state index contributed by atoms with van der Waals surface area (Å²) >= 11 is 0. The molecule has 1 saturated carbocycles. The van der Waals surface area contributed by atoms with Gasteiger partial charge >= 0.3 is 0 Å². The molecule has 1 amide bonds. The predicted molar refractivity (Wildman–Crippen MR) is 123 cm³/mol. The zero-order valence-electron chi connectivity index (χ0n) is 18.2. The van der Waals surface area contributed by atoms with Gasteiger partial charge in [0.15, 0.2) is 0 Å². The summed E-state index contributed by atoms with van der Waals surface area (Å²) < 4.78 is 5.69. The van der Waals surface area contributed by atoms with Crippen LogP contribution in [0.4, 0.5) is 5.69 Å². The predicted octanol–water partition coefficient (Wildman–Crippen LogP) is 5.41. The number of nitro groups is 1. The molecule has 1 aromatic heterocycles. The van der Waals surface area contributed by atoms with E-state index in [-0.39, 0.29) is 28.8 Å². The lowest BCUT2D eigenvalue weighted by atomic mass is 9.86. The highest BCUT2D eigenvalue weighted by molar-refractivity contribution is 5.85. The zero-order chi connectivity index (χ0) is 22.9. The molecule has 3 aromatic rings. The van der Waals surface area contributed by atoms with Crippen LogP contribution < -0.4 is 5.43 Å². The monoisotopic (exact) mass is 431 g/mol. The van der Waals surface area contributed by atoms with Gasteiger partial charge in [-0.3, -0.25) is 14.9 Å². The van der Waals surface area contributed by atoms with Crippen LogP contribution in [0.15, 0.2) is 70.2 Å². The summed E-state index contributed by atoms with van der Waals surface area (Å²) in [5.74, 6) is 1.10. The Morgan fingerprint density at radius 1 is 1.09 bits per heavy atom. The van der Waals surface area contributed by atoms with E-state index in [0.29, 0.717) is 11.5 Å². The number of carbonyl (C=O) groups is 1. The number of hydrazone groups is 1. The van der Waals surface area contributed by atoms with Crippen LogP contribution in [-0.4, -0.2) is 17.0 Å². The molecule has 0 aliphatic heterocycles. The van der Waals surface area contributed by atoms with Gasteiger partial charge in [0.1, 0.15) is 11.5 Å². The first kappa shape index (κ1) is 21.5. The smallest absolute Gasteiger partial charge is 0.269 e. The topological polar surface area (TPSA) is 97.7 Å². The number of nitrogens with zero attached hydrogens (tertiary/aromatic N) is 2. The summed E-state index contributed by atoms with van der Waals surface area (Å²) in [5.41, 5.74) is 5.90. The van der Waals surface area contributed by atoms with Crippen LogP contribution in [0.5, 0.6) is 0 Å². The van der Waals surface area contributed by atoms with Crippen LogP contribution in [0.25, 0.3) is 11.3 Å². The Hall–Kier alpha value is -3.74. The van der Waals surface area contributed by atoms with Crippen molar-refractivity contribution in [3.05, 3.63) is 87.7 Å². The number of non-ortho nitro benzene ring substituents is 1. The molecular weight excluding hydrogens is 406 g/mol. The minimum Gasteiger partial charge on any atom is -0.455 e. The third kappa shape index (κ3) is 4.77. The molecule has 0 saturated heterocycles. The highest BCUT2D eigenvalue weighted by atomic mass is 16.6. The maximum absolute atomic E-state index is 12.4. The summed E-state index contributed by atoms with van der Waals surface area (Å²) in [5, 5.41) is 14.8. The first-order valence-electron chi connectivity index (χ1n) is 10.5. The van der Waals surface area contributed by atoms with E-state index in [2.05, 4.69) is 55.6 Å². The number of hydrogen-bond acceptors (Lipinski definition) is 5. The van der Waals surface area contributed by atoms with Gasteiger partial charge in [-0.15, -0.1) is 0 Å². The normalized spacial score (nSPS) is 18.0. The average molecular weight is 431 g/mol. The number of benzene rings is 2. The van der Waals surface area contributed by atoms with Crippen molar-refractivity contribution in [2.45, 2.75) is 38.5 Å². The summed E-state index contributed by atoms with van der Waals surface area (Å²) in [6.07, 6.45) is 2.27. The molecule has 0 bridgehead atoms.